The average Bonchev–Trinajstić information content (AvgIpc) is 2.96. The van der Waals surface area contributed by atoms with E-state index in [0.29, 0.717) is 39.6 Å². The molecule has 3 rings (SSSR count). The Morgan fingerprint density at radius 3 is 3.00 bits per heavy atom. The van der Waals surface area contributed by atoms with Gasteiger partial charge in [0.1, 0.15) is 23.1 Å². The number of hydrogen-bond acceptors (Lipinski definition) is 6. The van der Waals surface area contributed by atoms with Crippen LogP contribution in [0.3, 0.4) is 0 Å². The van der Waals surface area contributed by atoms with Gasteiger partial charge in [-0.3, -0.25) is 0 Å². The molecule has 0 spiro atoms. The number of benzene rings is 1. The molecule has 2 aromatic rings. The molecule has 0 saturated heterocycles. The highest BCUT2D eigenvalue weighted by molar-refractivity contribution is 7.16. The number of hydrogen-bond donors (Lipinski definition) is 0. The highest BCUT2D eigenvalue weighted by atomic mass is 35.5. The topological polar surface area (TPSA) is 57.7 Å². The number of carbonyl (C=O) groups is 1. The fourth-order valence-electron chi connectivity index (χ4n) is 1.84. The van der Waals surface area contributed by atoms with Gasteiger partial charge in [0.25, 0.3) is 0 Å². The maximum atomic E-state index is 11.4. The molecule has 0 unspecified atom stereocenters. The second-order valence-electron chi connectivity index (χ2n) is 4.00. The SMILES string of the molecule is COC(=O)c1cnc(-c2cc(Cl)c3c(c2)OCCO3)s1. The van der Waals surface area contributed by atoms with Crippen molar-refractivity contribution < 1.29 is 19.0 Å². The van der Waals surface area contributed by atoms with E-state index in [1.54, 1.807) is 12.1 Å². The number of ether oxygens (including phenoxy) is 3. The molecule has 0 aliphatic carbocycles. The second-order valence-corrected chi connectivity index (χ2v) is 5.44. The zero-order valence-electron chi connectivity index (χ0n) is 10.5. The minimum absolute atomic E-state index is 0.405. The normalized spacial score (nSPS) is 13.1. The molecule has 20 heavy (non-hydrogen) atoms. The minimum atomic E-state index is -0.405. The number of fused-ring (bicyclic) bond motifs is 1. The number of esters is 1. The zero-order valence-corrected chi connectivity index (χ0v) is 12.1. The smallest absolute Gasteiger partial charge is 0.349 e. The Balaban J connectivity index is 2.00. The summed E-state index contributed by atoms with van der Waals surface area (Å²) in [6.45, 7) is 0.966. The second kappa shape index (κ2) is 5.30. The van der Waals surface area contributed by atoms with Gasteiger partial charge in [-0.2, -0.15) is 0 Å². The molecule has 1 aliphatic heterocycles. The molecule has 7 heteroatoms. The first-order valence-corrected chi connectivity index (χ1v) is 7.02. The van der Waals surface area contributed by atoms with Gasteiger partial charge in [-0.25, -0.2) is 9.78 Å². The maximum absolute atomic E-state index is 11.4. The lowest BCUT2D eigenvalue weighted by Crippen LogP contribution is -2.15. The molecule has 1 aromatic carbocycles. The maximum Gasteiger partial charge on any atom is 0.349 e. The highest BCUT2D eigenvalue weighted by Crippen LogP contribution is 2.41. The van der Waals surface area contributed by atoms with Crippen molar-refractivity contribution in [3.8, 4) is 22.1 Å². The van der Waals surface area contributed by atoms with E-state index in [9.17, 15) is 4.79 Å². The van der Waals surface area contributed by atoms with Gasteiger partial charge in [-0.15, -0.1) is 11.3 Å². The highest BCUT2D eigenvalue weighted by Gasteiger charge is 2.19. The first-order valence-electron chi connectivity index (χ1n) is 5.82. The van der Waals surface area contributed by atoms with E-state index in [4.69, 9.17) is 21.1 Å². The number of nitrogens with zero attached hydrogens (tertiary/aromatic N) is 1. The number of halogens is 1. The van der Waals surface area contributed by atoms with Crippen LogP contribution in [0.25, 0.3) is 10.6 Å². The molecule has 1 aliphatic rings. The van der Waals surface area contributed by atoms with Crippen LogP contribution in [0.4, 0.5) is 0 Å². The summed E-state index contributed by atoms with van der Waals surface area (Å²) < 4.78 is 15.6. The molecule has 0 N–H and O–H groups in total. The summed E-state index contributed by atoms with van der Waals surface area (Å²) in [7, 11) is 1.34. The Bertz CT molecular complexity index is 670. The predicted molar refractivity (Wildman–Crippen MR) is 74.9 cm³/mol. The van der Waals surface area contributed by atoms with Gasteiger partial charge in [-0.1, -0.05) is 11.6 Å². The number of aromatic nitrogens is 1. The lowest BCUT2D eigenvalue weighted by atomic mass is 10.2. The van der Waals surface area contributed by atoms with Crippen LogP contribution >= 0.6 is 22.9 Å². The molecular weight excluding hydrogens is 302 g/mol. The number of rotatable bonds is 2. The van der Waals surface area contributed by atoms with Crippen LogP contribution < -0.4 is 9.47 Å². The Hall–Kier alpha value is -1.79. The monoisotopic (exact) mass is 311 g/mol. The summed E-state index contributed by atoms with van der Waals surface area (Å²) in [5, 5.41) is 1.14. The van der Waals surface area contributed by atoms with Crippen LogP contribution in [0.1, 0.15) is 9.67 Å². The van der Waals surface area contributed by atoms with Gasteiger partial charge in [0, 0.05) is 5.56 Å². The molecule has 104 valence electrons. The quantitative estimate of drug-likeness (QED) is 0.798. The van der Waals surface area contributed by atoms with Gasteiger partial charge in [-0.05, 0) is 12.1 Å². The molecule has 0 atom stereocenters. The summed E-state index contributed by atoms with van der Waals surface area (Å²) in [5.74, 6) is 0.734. The van der Waals surface area contributed by atoms with E-state index in [0.717, 1.165) is 5.56 Å². The van der Waals surface area contributed by atoms with Gasteiger partial charge in [0.05, 0.1) is 18.3 Å². The van der Waals surface area contributed by atoms with E-state index in [1.807, 2.05) is 0 Å². The van der Waals surface area contributed by atoms with Crippen LogP contribution in [0.15, 0.2) is 18.3 Å². The largest absolute Gasteiger partial charge is 0.486 e. The molecule has 0 saturated carbocycles. The van der Waals surface area contributed by atoms with Crippen molar-refractivity contribution >= 4 is 28.9 Å². The van der Waals surface area contributed by atoms with Crippen molar-refractivity contribution in [1.82, 2.24) is 4.98 Å². The van der Waals surface area contributed by atoms with Gasteiger partial charge in [0.15, 0.2) is 11.5 Å². The van der Waals surface area contributed by atoms with Crippen LogP contribution in [0, 0.1) is 0 Å². The summed E-state index contributed by atoms with van der Waals surface area (Å²) in [6, 6.07) is 3.55. The van der Waals surface area contributed by atoms with E-state index in [-0.39, 0.29) is 0 Å². The molecule has 2 heterocycles. The van der Waals surface area contributed by atoms with Gasteiger partial charge in [0.2, 0.25) is 0 Å². The van der Waals surface area contributed by atoms with Crippen molar-refractivity contribution in [3.63, 3.8) is 0 Å². The minimum Gasteiger partial charge on any atom is -0.486 e. The molecule has 0 amide bonds. The fourth-order valence-corrected chi connectivity index (χ4v) is 2.92. The van der Waals surface area contributed by atoms with Crippen molar-refractivity contribution in [1.29, 1.82) is 0 Å². The third-order valence-corrected chi connectivity index (χ3v) is 4.04. The van der Waals surface area contributed by atoms with Crippen molar-refractivity contribution in [3.05, 3.63) is 28.2 Å². The van der Waals surface area contributed by atoms with Gasteiger partial charge < -0.3 is 14.2 Å². The lowest BCUT2D eigenvalue weighted by Gasteiger charge is -2.19. The van der Waals surface area contributed by atoms with Gasteiger partial charge >= 0.3 is 5.97 Å². The van der Waals surface area contributed by atoms with Crippen LogP contribution in [-0.4, -0.2) is 31.3 Å². The number of methoxy groups -OCH3 is 1. The molecule has 0 bridgehead atoms. The number of carbonyl (C=O) groups excluding carboxylic acids is 1. The average molecular weight is 312 g/mol. The molecule has 1 aromatic heterocycles. The van der Waals surface area contributed by atoms with Crippen molar-refractivity contribution in [2.45, 2.75) is 0 Å². The Morgan fingerprint density at radius 1 is 1.40 bits per heavy atom. The summed E-state index contributed by atoms with van der Waals surface area (Å²) in [6.07, 6.45) is 1.48. The standard InChI is InChI=1S/C13H10ClNO4S/c1-17-13(16)10-6-15-12(20-10)7-4-8(14)11-9(5-7)18-2-3-19-11/h4-6H,2-3H2,1H3. The van der Waals surface area contributed by atoms with Crippen molar-refractivity contribution in [2.24, 2.45) is 0 Å². The molecule has 0 radical (unpaired) electrons. The Labute approximate surface area is 124 Å². The molecule has 5 nitrogen and oxygen atoms in total. The van der Waals surface area contributed by atoms with Crippen LogP contribution in [-0.2, 0) is 4.74 Å². The Kier molecular flexibility index (Phi) is 3.50. The van der Waals surface area contributed by atoms with Crippen LogP contribution in [0.5, 0.6) is 11.5 Å². The Morgan fingerprint density at radius 2 is 2.20 bits per heavy atom. The third-order valence-electron chi connectivity index (χ3n) is 2.74. The van der Waals surface area contributed by atoms with E-state index in [1.165, 1.54) is 24.6 Å². The fraction of sp³-hybridized carbons (Fsp3) is 0.231. The first kappa shape index (κ1) is 13.2. The van der Waals surface area contributed by atoms with Crippen LogP contribution in [0.2, 0.25) is 5.02 Å². The summed E-state index contributed by atoms with van der Waals surface area (Å²) in [4.78, 5) is 16.1. The summed E-state index contributed by atoms with van der Waals surface area (Å²) >= 11 is 7.41. The zero-order chi connectivity index (χ0) is 14.1. The molecular formula is C13H10ClNO4S. The lowest BCUT2D eigenvalue weighted by molar-refractivity contribution is 0.0606. The predicted octanol–water partition coefficient (Wildman–Crippen LogP) is 3.02. The molecule has 0 fully saturated rings. The van der Waals surface area contributed by atoms with E-state index in [2.05, 4.69) is 9.72 Å². The first-order chi connectivity index (χ1) is 9.69. The number of thiazole rings is 1. The summed E-state index contributed by atoms with van der Waals surface area (Å²) in [5.41, 5.74) is 0.777. The van der Waals surface area contributed by atoms with E-state index < -0.39 is 5.97 Å². The third kappa shape index (κ3) is 2.32. The van der Waals surface area contributed by atoms with E-state index >= 15 is 0 Å². The van der Waals surface area contributed by atoms with Crippen molar-refractivity contribution in [2.75, 3.05) is 20.3 Å².